The van der Waals surface area contributed by atoms with Gasteiger partial charge < -0.3 is 25.2 Å². The molecule has 0 bridgehead atoms. The molecule has 0 aliphatic rings. The van der Waals surface area contributed by atoms with E-state index in [2.05, 4.69) is 25.3 Å². The molecule has 0 fully saturated rings. The van der Waals surface area contributed by atoms with E-state index in [1.165, 1.54) is 38.5 Å². The van der Waals surface area contributed by atoms with Crippen LogP contribution in [-0.4, -0.2) is 50.2 Å². The number of rotatable bonds is 9. The molecular weight excluding hydrogens is 486 g/mol. The Labute approximate surface area is 207 Å². The Morgan fingerprint density at radius 3 is 2.11 bits per heavy atom. The second kappa shape index (κ2) is 10.5. The lowest BCUT2D eigenvalue weighted by Gasteiger charge is -2.15. The lowest BCUT2D eigenvalue weighted by atomic mass is 10.2. The minimum atomic E-state index is -4.14. The van der Waals surface area contributed by atoms with Gasteiger partial charge in [-0.2, -0.15) is 0 Å². The standard InChI is InChI=1S/C24H23N5O6S/c1-34-17-10-16(11-18(13-17)35-2)26-23-24(28-21-9-4-3-8-20(21)27-23)29-36(32,33)19-7-5-6-15(12-19)25-22(31)14-30/h3-13,30H,14H2,1-2H3,(H,25,31)(H,26,27)(H,28,29). The topological polar surface area (TPSA) is 152 Å². The molecule has 11 nitrogen and oxygen atoms in total. The Balaban J connectivity index is 1.74. The first-order valence-electron chi connectivity index (χ1n) is 10.6. The van der Waals surface area contributed by atoms with E-state index in [0.717, 1.165) is 0 Å². The van der Waals surface area contributed by atoms with Crippen LogP contribution in [0.2, 0.25) is 0 Å². The number of nitrogens with zero attached hydrogens (tertiary/aromatic N) is 2. The zero-order valence-electron chi connectivity index (χ0n) is 19.3. The number of aliphatic hydroxyl groups excluding tert-OH is 1. The summed E-state index contributed by atoms with van der Waals surface area (Å²) in [5, 5.41) is 14.4. The number of nitrogens with one attached hydrogen (secondary N) is 3. The summed E-state index contributed by atoms with van der Waals surface area (Å²) in [6.45, 7) is -0.730. The van der Waals surface area contributed by atoms with E-state index in [1.54, 1.807) is 42.5 Å². The number of methoxy groups -OCH3 is 2. The monoisotopic (exact) mass is 509 g/mol. The van der Waals surface area contributed by atoms with Gasteiger partial charge in [-0.3, -0.25) is 9.52 Å². The molecule has 3 aromatic carbocycles. The average Bonchev–Trinajstić information content (AvgIpc) is 2.88. The van der Waals surface area contributed by atoms with E-state index in [-0.39, 0.29) is 22.2 Å². The first-order valence-corrected chi connectivity index (χ1v) is 12.1. The van der Waals surface area contributed by atoms with Gasteiger partial charge in [-0.1, -0.05) is 18.2 Å². The molecule has 0 unspecified atom stereocenters. The van der Waals surface area contributed by atoms with E-state index in [0.29, 0.717) is 28.2 Å². The van der Waals surface area contributed by atoms with Gasteiger partial charge in [0.15, 0.2) is 11.6 Å². The first-order chi connectivity index (χ1) is 17.3. The number of benzene rings is 3. The number of aromatic nitrogens is 2. The van der Waals surface area contributed by atoms with Crippen molar-refractivity contribution in [3.8, 4) is 11.5 Å². The van der Waals surface area contributed by atoms with Crippen molar-refractivity contribution in [1.29, 1.82) is 0 Å². The Morgan fingerprint density at radius 1 is 0.861 bits per heavy atom. The summed E-state index contributed by atoms with van der Waals surface area (Å²) in [6, 6.07) is 17.7. The van der Waals surface area contributed by atoms with E-state index in [4.69, 9.17) is 14.6 Å². The highest BCUT2D eigenvalue weighted by Gasteiger charge is 2.20. The van der Waals surface area contributed by atoms with Gasteiger partial charge in [-0.25, -0.2) is 18.4 Å². The van der Waals surface area contributed by atoms with E-state index in [9.17, 15) is 13.2 Å². The summed E-state index contributed by atoms with van der Waals surface area (Å²) < 4.78 is 39.6. The van der Waals surface area contributed by atoms with Gasteiger partial charge in [-0.05, 0) is 30.3 Å². The second-order valence-electron chi connectivity index (χ2n) is 7.48. The van der Waals surface area contributed by atoms with Crippen LogP contribution >= 0.6 is 0 Å². The average molecular weight is 510 g/mol. The molecule has 0 radical (unpaired) electrons. The van der Waals surface area contributed by atoms with Gasteiger partial charge in [-0.15, -0.1) is 0 Å². The maximum absolute atomic E-state index is 13.2. The van der Waals surface area contributed by atoms with Crippen LogP contribution in [-0.2, 0) is 14.8 Å². The van der Waals surface area contributed by atoms with Crippen LogP contribution in [0.5, 0.6) is 11.5 Å². The fourth-order valence-corrected chi connectivity index (χ4v) is 4.36. The number of sulfonamides is 1. The van der Waals surface area contributed by atoms with Crippen LogP contribution in [0.25, 0.3) is 11.0 Å². The summed E-state index contributed by atoms with van der Waals surface area (Å²) in [5.74, 6) is 0.486. The second-order valence-corrected chi connectivity index (χ2v) is 9.16. The highest BCUT2D eigenvalue weighted by atomic mass is 32.2. The van der Waals surface area contributed by atoms with Crippen LogP contribution < -0.4 is 24.8 Å². The molecule has 0 aliphatic heterocycles. The molecule has 36 heavy (non-hydrogen) atoms. The number of fused-ring (bicyclic) bond motifs is 1. The number of ether oxygens (including phenoxy) is 2. The van der Waals surface area contributed by atoms with Gasteiger partial charge in [0.1, 0.15) is 18.1 Å². The Kier molecular flexibility index (Phi) is 7.17. The molecule has 12 heteroatoms. The molecule has 1 amide bonds. The number of aliphatic hydroxyl groups is 1. The van der Waals surface area contributed by atoms with Gasteiger partial charge in [0, 0.05) is 29.6 Å². The number of anilines is 4. The highest BCUT2D eigenvalue weighted by molar-refractivity contribution is 7.92. The zero-order valence-corrected chi connectivity index (χ0v) is 20.2. The molecule has 0 saturated heterocycles. The summed E-state index contributed by atoms with van der Waals surface area (Å²) >= 11 is 0. The number of amides is 1. The number of hydrogen-bond donors (Lipinski definition) is 4. The zero-order chi connectivity index (χ0) is 25.7. The van der Waals surface area contributed by atoms with Crippen molar-refractivity contribution in [3.63, 3.8) is 0 Å². The van der Waals surface area contributed by atoms with Gasteiger partial charge in [0.25, 0.3) is 10.0 Å². The minimum Gasteiger partial charge on any atom is -0.497 e. The van der Waals surface area contributed by atoms with Gasteiger partial charge in [0.2, 0.25) is 5.91 Å². The maximum Gasteiger partial charge on any atom is 0.263 e. The maximum atomic E-state index is 13.2. The third kappa shape index (κ3) is 5.62. The van der Waals surface area contributed by atoms with Crippen molar-refractivity contribution in [1.82, 2.24) is 9.97 Å². The van der Waals surface area contributed by atoms with Crippen molar-refractivity contribution >= 4 is 50.0 Å². The van der Waals surface area contributed by atoms with Crippen LogP contribution in [0.3, 0.4) is 0 Å². The molecule has 0 saturated carbocycles. The quantitative estimate of drug-likeness (QED) is 0.267. The molecule has 0 aliphatic carbocycles. The summed E-state index contributed by atoms with van der Waals surface area (Å²) in [6.07, 6.45) is 0. The van der Waals surface area contributed by atoms with Crippen molar-refractivity contribution in [2.45, 2.75) is 4.90 Å². The Morgan fingerprint density at radius 2 is 1.50 bits per heavy atom. The summed E-state index contributed by atoms with van der Waals surface area (Å²) in [5.41, 5.74) is 1.77. The SMILES string of the molecule is COc1cc(Nc2nc3ccccc3nc2NS(=O)(=O)c2cccc(NC(=O)CO)c2)cc(OC)c1. The smallest absolute Gasteiger partial charge is 0.263 e. The van der Waals surface area contributed by atoms with Crippen LogP contribution in [0.15, 0.2) is 71.6 Å². The summed E-state index contributed by atoms with van der Waals surface area (Å²) in [4.78, 5) is 20.4. The van der Waals surface area contributed by atoms with Gasteiger partial charge >= 0.3 is 0 Å². The lowest BCUT2D eigenvalue weighted by molar-refractivity contribution is -0.118. The fourth-order valence-electron chi connectivity index (χ4n) is 3.30. The Bertz CT molecular complexity index is 1500. The van der Waals surface area contributed by atoms with E-state index >= 15 is 0 Å². The lowest BCUT2D eigenvalue weighted by Crippen LogP contribution is -2.18. The van der Waals surface area contributed by atoms with Gasteiger partial charge in [0.05, 0.1) is 30.1 Å². The molecule has 0 spiro atoms. The van der Waals surface area contributed by atoms with Crippen LogP contribution in [0, 0.1) is 0 Å². The minimum absolute atomic E-state index is 0.0414. The normalized spacial score (nSPS) is 11.1. The molecule has 1 aromatic heterocycles. The van der Waals surface area contributed by atoms with Crippen LogP contribution in [0.4, 0.5) is 23.0 Å². The molecule has 1 heterocycles. The van der Waals surface area contributed by atoms with E-state index < -0.39 is 22.5 Å². The molecule has 0 atom stereocenters. The Hall–Kier alpha value is -4.42. The fraction of sp³-hybridized carbons (Fsp3) is 0.125. The van der Waals surface area contributed by atoms with Crippen molar-refractivity contribution in [2.75, 3.05) is 36.2 Å². The van der Waals surface area contributed by atoms with Crippen LogP contribution in [0.1, 0.15) is 0 Å². The molecule has 186 valence electrons. The third-order valence-electron chi connectivity index (χ3n) is 4.99. The number of carbonyl (C=O) groups excluding carboxylic acids is 1. The predicted molar refractivity (Wildman–Crippen MR) is 135 cm³/mol. The van der Waals surface area contributed by atoms with Crippen molar-refractivity contribution < 1.29 is 27.8 Å². The molecule has 4 aromatic rings. The third-order valence-corrected chi connectivity index (χ3v) is 6.32. The molecule has 4 N–H and O–H groups in total. The first kappa shape index (κ1) is 24.7. The number of para-hydroxylation sites is 2. The summed E-state index contributed by atoms with van der Waals surface area (Å²) in [7, 11) is -1.11. The molecule has 4 rings (SSSR count). The highest BCUT2D eigenvalue weighted by Crippen LogP contribution is 2.31. The van der Waals surface area contributed by atoms with E-state index in [1.807, 2.05) is 0 Å². The van der Waals surface area contributed by atoms with Crippen molar-refractivity contribution in [3.05, 3.63) is 66.7 Å². The molecular formula is C24H23N5O6S. The van der Waals surface area contributed by atoms with Crippen molar-refractivity contribution in [2.24, 2.45) is 0 Å². The number of hydrogen-bond acceptors (Lipinski definition) is 9. The predicted octanol–water partition coefficient (Wildman–Crippen LogP) is 3.12. The number of carbonyl (C=O) groups is 1. The largest absolute Gasteiger partial charge is 0.497 e.